The number of nitrogens with zero attached hydrogens (tertiary/aromatic N) is 2. The van der Waals surface area contributed by atoms with Crippen LogP contribution in [0.5, 0.6) is 0 Å². The Morgan fingerprint density at radius 1 is 1.54 bits per heavy atom. The quantitative estimate of drug-likeness (QED) is 0.775. The van der Waals surface area contributed by atoms with Crippen molar-refractivity contribution in [1.82, 2.24) is 14.9 Å². The second-order valence-electron chi connectivity index (χ2n) is 3.24. The van der Waals surface area contributed by atoms with E-state index < -0.39 is 0 Å². The SMILES string of the molecule is O=C(NC1CCCC1)c1cnns1. The molecule has 4 nitrogen and oxygen atoms in total. The van der Waals surface area contributed by atoms with Crippen molar-refractivity contribution in [1.29, 1.82) is 0 Å². The van der Waals surface area contributed by atoms with Crippen LogP contribution in [-0.4, -0.2) is 21.5 Å². The molecule has 5 heteroatoms. The Hall–Kier alpha value is -0.970. The molecule has 0 aliphatic heterocycles. The fraction of sp³-hybridized carbons (Fsp3) is 0.625. The summed E-state index contributed by atoms with van der Waals surface area (Å²) in [6.45, 7) is 0. The molecule has 1 heterocycles. The predicted molar refractivity (Wildman–Crippen MR) is 49.6 cm³/mol. The first-order valence-corrected chi connectivity index (χ1v) is 5.22. The van der Waals surface area contributed by atoms with Gasteiger partial charge in [-0.1, -0.05) is 17.3 Å². The van der Waals surface area contributed by atoms with Crippen LogP contribution in [0.2, 0.25) is 0 Å². The number of carbonyl (C=O) groups is 1. The van der Waals surface area contributed by atoms with Gasteiger partial charge in [0.2, 0.25) is 0 Å². The lowest BCUT2D eigenvalue weighted by Gasteiger charge is -2.09. The molecule has 13 heavy (non-hydrogen) atoms. The average Bonchev–Trinajstić information content (AvgIpc) is 2.74. The van der Waals surface area contributed by atoms with Crippen molar-refractivity contribution in [3.05, 3.63) is 11.1 Å². The smallest absolute Gasteiger partial charge is 0.264 e. The molecule has 0 radical (unpaired) electrons. The molecule has 0 aromatic carbocycles. The summed E-state index contributed by atoms with van der Waals surface area (Å²) in [5.74, 6) is -0.0260. The van der Waals surface area contributed by atoms with E-state index in [9.17, 15) is 4.79 Å². The average molecular weight is 197 g/mol. The monoisotopic (exact) mass is 197 g/mol. The van der Waals surface area contributed by atoms with Gasteiger partial charge in [-0.15, -0.1) is 5.10 Å². The summed E-state index contributed by atoms with van der Waals surface area (Å²) in [5.41, 5.74) is 0. The second kappa shape index (κ2) is 3.83. The van der Waals surface area contributed by atoms with Crippen LogP contribution in [0.4, 0.5) is 0 Å². The van der Waals surface area contributed by atoms with Gasteiger partial charge in [0.15, 0.2) is 0 Å². The third-order valence-electron chi connectivity index (χ3n) is 2.28. The lowest BCUT2D eigenvalue weighted by molar-refractivity contribution is 0.0942. The lowest BCUT2D eigenvalue weighted by Crippen LogP contribution is -2.31. The molecule has 1 saturated carbocycles. The molecule has 0 unspecified atom stereocenters. The van der Waals surface area contributed by atoms with E-state index in [0.717, 1.165) is 24.4 Å². The van der Waals surface area contributed by atoms with E-state index in [1.807, 2.05) is 0 Å². The summed E-state index contributed by atoms with van der Waals surface area (Å²) in [7, 11) is 0. The normalized spacial score (nSPS) is 17.5. The van der Waals surface area contributed by atoms with E-state index in [-0.39, 0.29) is 5.91 Å². The molecule has 0 saturated heterocycles. The molecule has 1 aromatic rings. The van der Waals surface area contributed by atoms with Gasteiger partial charge in [-0.3, -0.25) is 4.79 Å². The van der Waals surface area contributed by atoms with Crippen LogP contribution in [0.3, 0.4) is 0 Å². The minimum atomic E-state index is -0.0260. The van der Waals surface area contributed by atoms with Crippen LogP contribution < -0.4 is 5.32 Å². The molecular weight excluding hydrogens is 186 g/mol. The van der Waals surface area contributed by atoms with Crippen molar-refractivity contribution in [2.75, 3.05) is 0 Å². The van der Waals surface area contributed by atoms with Crippen LogP contribution in [0, 0.1) is 0 Å². The highest BCUT2D eigenvalue weighted by atomic mass is 32.1. The molecule has 1 amide bonds. The van der Waals surface area contributed by atoms with Crippen LogP contribution in [0.1, 0.15) is 35.4 Å². The summed E-state index contributed by atoms with van der Waals surface area (Å²) in [5, 5.41) is 6.60. The van der Waals surface area contributed by atoms with Gasteiger partial charge in [-0.2, -0.15) is 0 Å². The first kappa shape index (κ1) is 8.62. The standard InChI is InChI=1S/C8H11N3OS/c12-8(7-5-9-11-13-7)10-6-3-1-2-4-6/h5-6H,1-4H2,(H,10,12). The first-order valence-electron chi connectivity index (χ1n) is 4.44. The molecule has 1 aromatic heterocycles. The van der Waals surface area contributed by atoms with Crippen LogP contribution in [0.25, 0.3) is 0 Å². The van der Waals surface area contributed by atoms with E-state index >= 15 is 0 Å². The van der Waals surface area contributed by atoms with Crippen molar-refractivity contribution in [3.63, 3.8) is 0 Å². The van der Waals surface area contributed by atoms with Crippen LogP contribution >= 0.6 is 11.5 Å². The summed E-state index contributed by atoms with van der Waals surface area (Å²) in [6, 6.07) is 0.370. The maximum atomic E-state index is 11.5. The number of aromatic nitrogens is 2. The summed E-state index contributed by atoms with van der Waals surface area (Å²) in [4.78, 5) is 12.1. The number of rotatable bonds is 2. The van der Waals surface area contributed by atoms with Crippen molar-refractivity contribution >= 4 is 17.4 Å². The summed E-state index contributed by atoms with van der Waals surface area (Å²) in [6.07, 6.45) is 6.18. The highest BCUT2D eigenvalue weighted by Crippen LogP contribution is 2.18. The fourth-order valence-corrected chi connectivity index (χ4v) is 2.01. The second-order valence-corrected chi connectivity index (χ2v) is 4.02. The molecule has 1 N–H and O–H groups in total. The van der Waals surface area contributed by atoms with Gasteiger partial charge in [0.05, 0.1) is 6.20 Å². The van der Waals surface area contributed by atoms with Crippen molar-refractivity contribution in [2.24, 2.45) is 0 Å². The fourth-order valence-electron chi connectivity index (χ4n) is 1.59. The first-order chi connectivity index (χ1) is 6.36. The predicted octanol–water partition coefficient (Wildman–Crippen LogP) is 1.21. The Balaban J connectivity index is 1.91. The zero-order valence-corrected chi connectivity index (χ0v) is 8.01. The van der Waals surface area contributed by atoms with Crippen molar-refractivity contribution < 1.29 is 4.79 Å². The van der Waals surface area contributed by atoms with E-state index in [0.29, 0.717) is 10.9 Å². The molecule has 2 rings (SSSR count). The Morgan fingerprint density at radius 3 is 2.92 bits per heavy atom. The van der Waals surface area contributed by atoms with Gasteiger partial charge in [-0.05, 0) is 24.4 Å². The van der Waals surface area contributed by atoms with E-state index in [1.54, 1.807) is 0 Å². The Morgan fingerprint density at radius 2 is 2.31 bits per heavy atom. The molecule has 1 aliphatic rings. The molecule has 1 aliphatic carbocycles. The molecule has 1 fully saturated rings. The van der Waals surface area contributed by atoms with E-state index in [1.165, 1.54) is 19.0 Å². The summed E-state index contributed by atoms with van der Waals surface area (Å²) < 4.78 is 3.65. The highest BCUT2D eigenvalue weighted by Gasteiger charge is 2.18. The third-order valence-corrected chi connectivity index (χ3v) is 2.94. The Kier molecular flexibility index (Phi) is 2.54. The lowest BCUT2D eigenvalue weighted by atomic mass is 10.2. The number of amides is 1. The van der Waals surface area contributed by atoms with Crippen molar-refractivity contribution in [3.8, 4) is 0 Å². The van der Waals surface area contributed by atoms with Crippen LogP contribution in [0.15, 0.2) is 6.20 Å². The van der Waals surface area contributed by atoms with Gasteiger partial charge in [0.1, 0.15) is 4.88 Å². The molecule has 0 atom stereocenters. The van der Waals surface area contributed by atoms with Gasteiger partial charge < -0.3 is 5.32 Å². The minimum absolute atomic E-state index is 0.0260. The van der Waals surface area contributed by atoms with Crippen LogP contribution in [-0.2, 0) is 0 Å². The highest BCUT2D eigenvalue weighted by molar-refractivity contribution is 7.07. The molecular formula is C8H11N3OS. The number of hydrogen-bond acceptors (Lipinski definition) is 4. The van der Waals surface area contributed by atoms with Crippen molar-refractivity contribution in [2.45, 2.75) is 31.7 Å². The molecule has 0 bridgehead atoms. The number of nitrogens with one attached hydrogen (secondary N) is 1. The molecule has 70 valence electrons. The van der Waals surface area contributed by atoms with Gasteiger partial charge in [0.25, 0.3) is 5.91 Å². The van der Waals surface area contributed by atoms with Gasteiger partial charge in [0, 0.05) is 6.04 Å². The van der Waals surface area contributed by atoms with Gasteiger partial charge >= 0.3 is 0 Å². The Bertz CT molecular complexity index is 280. The molecule has 0 spiro atoms. The minimum Gasteiger partial charge on any atom is -0.349 e. The summed E-state index contributed by atoms with van der Waals surface area (Å²) >= 11 is 1.14. The zero-order valence-electron chi connectivity index (χ0n) is 7.19. The van der Waals surface area contributed by atoms with E-state index in [2.05, 4.69) is 14.9 Å². The maximum absolute atomic E-state index is 11.5. The topological polar surface area (TPSA) is 54.9 Å². The van der Waals surface area contributed by atoms with Gasteiger partial charge in [-0.25, -0.2) is 0 Å². The largest absolute Gasteiger partial charge is 0.349 e. The number of carbonyl (C=O) groups excluding carboxylic acids is 1. The zero-order chi connectivity index (χ0) is 9.10. The Labute approximate surface area is 80.5 Å². The maximum Gasteiger partial charge on any atom is 0.264 e. The third kappa shape index (κ3) is 2.03. The van der Waals surface area contributed by atoms with E-state index in [4.69, 9.17) is 0 Å². The number of hydrogen-bond donors (Lipinski definition) is 1.